The van der Waals surface area contributed by atoms with E-state index in [0.717, 1.165) is 6.54 Å². The molecule has 2 nitrogen and oxygen atoms in total. The Kier molecular flexibility index (Phi) is 5.44. The zero-order chi connectivity index (χ0) is 10.4. The zero-order valence-electron chi connectivity index (χ0n) is 9.59. The van der Waals surface area contributed by atoms with Crippen molar-refractivity contribution in [3.05, 3.63) is 11.8 Å². The Morgan fingerprint density at radius 2 is 2.00 bits per heavy atom. The Morgan fingerprint density at radius 3 is 2.38 bits per heavy atom. The van der Waals surface area contributed by atoms with Crippen LogP contribution in [0.2, 0.25) is 0 Å². The van der Waals surface area contributed by atoms with Gasteiger partial charge in [-0.1, -0.05) is 13.8 Å². The van der Waals surface area contributed by atoms with E-state index in [1.165, 1.54) is 5.57 Å². The highest BCUT2D eigenvalue weighted by molar-refractivity contribution is 5.16. The summed E-state index contributed by atoms with van der Waals surface area (Å²) in [7, 11) is 1.99. The second-order valence-electron chi connectivity index (χ2n) is 4.12. The Bertz CT molecular complexity index is 192. The van der Waals surface area contributed by atoms with Crippen LogP contribution in [0.25, 0.3) is 0 Å². The summed E-state index contributed by atoms with van der Waals surface area (Å²) >= 11 is 0. The first kappa shape index (κ1) is 12.2. The average Bonchev–Trinajstić information content (AvgIpc) is 2.02. The molecule has 1 N–H and O–H groups in total. The summed E-state index contributed by atoms with van der Waals surface area (Å²) in [5.74, 6) is 0.692. The molecule has 13 heavy (non-hydrogen) atoms. The molecular weight excluding hydrogens is 160 g/mol. The van der Waals surface area contributed by atoms with Crippen molar-refractivity contribution in [1.82, 2.24) is 5.32 Å². The van der Waals surface area contributed by atoms with Crippen molar-refractivity contribution in [2.45, 2.75) is 33.7 Å². The first-order chi connectivity index (χ1) is 5.95. The molecule has 0 aliphatic heterocycles. The fraction of sp³-hybridized carbons (Fsp3) is 0.727. The van der Waals surface area contributed by atoms with Crippen LogP contribution in [-0.2, 0) is 0 Å². The molecule has 2 heteroatoms. The quantitative estimate of drug-likeness (QED) is 0.508. The number of hydrogen-bond acceptors (Lipinski definition) is 1. The number of nitrogens with one attached hydrogen (secondary N) is 1. The Morgan fingerprint density at radius 1 is 1.46 bits per heavy atom. The third-order valence-corrected chi connectivity index (χ3v) is 2.18. The highest BCUT2D eigenvalue weighted by Crippen LogP contribution is 2.01. The minimum Gasteiger partial charge on any atom is -0.390 e. The molecular formula is C11H23N2+. The second-order valence-corrected chi connectivity index (χ2v) is 4.12. The summed E-state index contributed by atoms with van der Waals surface area (Å²) in [6.45, 7) is 13.6. The fourth-order valence-corrected chi connectivity index (χ4v) is 0.924. The molecule has 0 rings (SSSR count). The average molecular weight is 183 g/mol. The SMILES string of the molecule is C=[N+](C)C(C)C(C)=CNCC(C)C. The van der Waals surface area contributed by atoms with Gasteiger partial charge in [-0.3, -0.25) is 0 Å². The summed E-state index contributed by atoms with van der Waals surface area (Å²) < 4.78 is 1.96. The lowest BCUT2D eigenvalue weighted by Gasteiger charge is -2.09. The van der Waals surface area contributed by atoms with Gasteiger partial charge >= 0.3 is 0 Å². The lowest BCUT2D eigenvalue weighted by Crippen LogP contribution is -2.21. The van der Waals surface area contributed by atoms with E-state index in [1.54, 1.807) is 0 Å². The molecule has 0 aromatic rings. The van der Waals surface area contributed by atoms with E-state index >= 15 is 0 Å². The second kappa shape index (κ2) is 5.79. The predicted molar refractivity (Wildman–Crippen MR) is 59.4 cm³/mol. The van der Waals surface area contributed by atoms with Crippen molar-refractivity contribution in [3.8, 4) is 0 Å². The first-order valence-electron chi connectivity index (χ1n) is 4.88. The fourth-order valence-electron chi connectivity index (χ4n) is 0.924. The highest BCUT2D eigenvalue weighted by Gasteiger charge is 2.09. The molecule has 0 amide bonds. The largest absolute Gasteiger partial charge is 0.390 e. The predicted octanol–water partition coefficient (Wildman–Crippen LogP) is 1.87. The minimum atomic E-state index is 0.402. The van der Waals surface area contributed by atoms with Gasteiger partial charge in [0.05, 0.1) is 0 Å². The van der Waals surface area contributed by atoms with Gasteiger partial charge < -0.3 is 5.32 Å². The van der Waals surface area contributed by atoms with Crippen molar-refractivity contribution in [2.75, 3.05) is 13.6 Å². The molecule has 0 saturated heterocycles. The van der Waals surface area contributed by atoms with Crippen LogP contribution in [0.5, 0.6) is 0 Å². The van der Waals surface area contributed by atoms with E-state index < -0.39 is 0 Å². The molecule has 0 aliphatic carbocycles. The van der Waals surface area contributed by atoms with Gasteiger partial charge in [-0.2, -0.15) is 0 Å². The molecule has 0 fully saturated rings. The summed E-state index contributed by atoms with van der Waals surface area (Å²) in [5.41, 5.74) is 1.32. The topological polar surface area (TPSA) is 15.0 Å². The van der Waals surface area contributed by atoms with Gasteiger partial charge in [0.15, 0.2) is 6.04 Å². The third-order valence-electron chi connectivity index (χ3n) is 2.18. The lowest BCUT2D eigenvalue weighted by atomic mass is 10.1. The van der Waals surface area contributed by atoms with E-state index in [1.807, 2.05) is 11.6 Å². The minimum absolute atomic E-state index is 0.402. The van der Waals surface area contributed by atoms with E-state index in [9.17, 15) is 0 Å². The number of hydrogen-bond donors (Lipinski definition) is 1. The normalized spacial score (nSPS) is 14.5. The maximum Gasteiger partial charge on any atom is 0.171 e. The third kappa shape index (κ3) is 5.45. The number of likely N-dealkylation sites (N-methyl/N-ethyl adjacent to an activating group) is 1. The Hall–Kier alpha value is -0.790. The van der Waals surface area contributed by atoms with E-state index in [-0.39, 0.29) is 0 Å². The van der Waals surface area contributed by atoms with Crippen LogP contribution in [0.15, 0.2) is 11.8 Å². The summed E-state index contributed by atoms with van der Waals surface area (Å²) in [6.07, 6.45) is 2.09. The maximum atomic E-state index is 3.87. The molecule has 0 radical (unpaired) electrons. The summed E-state index contributed by atoms with van der Waals surface area (Å²) in [5, 5.41) is 3.30. The zero-order valence-corrected chi connectivity index (χ0v) is 9.59. The van der Waals surface area contributed by atoms with Crippen molar-refractivity contribution < 1.29 is 4.58 Å². The van der Waals surface area contributed by atoms with Crippen LogP contribution in [0.3, 0.4) is 0 Å². The lowest BCUT2D eigenvalue weighted by molar-refractivity contribution is -0.515. The van der Waals surface area contributed by atoms with Crippen LogP contribution in [0, 0.1) is 5.92 Å². The molecule has 0 spiro atoms. The van der Waals surface area contributed by atoms with Crippen molar-refractivity contribution in [1.29, 1.82) is 0 Å². The molecule has 0 aliphatic rings. The molecule has 0 aromatic carbocycles. The standard InChI is InChI=1S/C11H23N2/c1-9(2)7-12-8-10(3)11(4)13(5)6/h8-9,11-12H,5,7H2,1-4,6H3/q+1. The smallest absolute Gasteiger partial charge is 0.171 e. The molecule has 0 heterocycles. The molecule has 0 bridgehead atoms. The van der Waals surface area contributed by atoms with Crippen molar-refractivity contribution in [3.63, 3.8) is 0 Å². The number of rotatable bonds is 5. The summed E-state index contributed by atoms with van der Waals surface area (Å²) in [4.78, 5) is 0. The maximum absolute atomic E-state index is 3.87. The van der Waals surface area contributed by atoms with Gasteiger partial charge in [-0.25, -0.2) is 4.58 Å². The van der Waals surface area contributed by atoms with Gasteiger partial charge in [0.1, 0.15) is 13.8 Å². The van der Waals surface area contributed by atoms with E-state index in [2.05, 4.69) is 45.9 Å². The van der Waals surface area contributed by atoms with Crippen LogP contribution < -0.4 is 5.32 Å². The van der Waals surface area contributed by atoms with Crippen LogP contribution >= 0.6 is 0 Å². The summed E-state index contributed by atoms with van der Waals surface area (Å²) in [6, 6.07) is 0.402. The van der Waals surface area contributed by atoms with Crippen molar-refractivity contribution in [2.24, 2.45) is 5.92 Å². The monoisotopic (exact) mass is 183 g/mol. The first-order valence-corrected chi connectivity index (χ1v) is 4.88. The van der Waals surface area contributed by atoms with Crippen LogP contribution in [0.4, 0.5) is 0 Å². The van der Waals surface area contributed by atoms with Gasteiger partial charge in [0, 0.05) is 25.2 Å². The van der Waals surface area contributed by atoms with Crippen molar-refractivity contribution >= 4 is 6.72 Å². The Labute approximate surface area is 82.4 Å². The van der Waals surface area contributed by atoms with Gasteiger partial charge in [0.25, 0.3) is 0 Å². The van der Waals surface area contributed by atoms with Crippen LogP contribution in [0.1, 0.15) is 27.7 Å². The van der Waals surface area contributed by atoms with Gasteiger partial charge in [0.2, 0.25) is 0 Å². The molecule has 76 valence electrons. The molecule has 0 aromatic heterocycles. The highest BCUT2D eigenvalue weighted by atomic mass is 15.0. The molecule has 1 unspecified atom stereocenters. The van der Waals surface area contributed by atoms with E-state index in [4.69, 9.17) is 0 Å². The molecule has 1 atom stereocenters. The van der Waals surface area contributed by atoms with E-state index in [0.29, 0.717) is 12.0 Å². The Balaban J connectivity index is 3.94. The van der Waals surface area contributed by atoms with Crippen LogP contribution in [-0.4, -0.2) is 30.9 Å². The number of nitrogens with zero attached hydrogens (tertiary/aromatic N) is 1. The van der Waals surface area contributed by atoms with Gasteiger partial charge in [-0.05, 0) is 12.8 Å². The molecule has 0 saturated carbocycles. The van der Waals surface area contributed by atoms with Gasteiger partial charge in [-0.15, -0.1) is 0 Å².